The average Bonchev–Trinajstić information content (AvgIpc) is 3.13. The fourth-order valence-electron chi connectivity index (χ4n) is 4.30. The molecule has 0 bridgehead atoms. The SMILES string of the molecule is CCN(c1ccccc1)S(=O)(=O)c1ccc(OC)c(NC(=O)CN2C(=O)N[C@@](C)(c3ccccc3)C2=O)c1. The number of ether oxygens (including phenoxy) is 1. The number of rotatable bonds is 9. The first-order valence-corrected chi connectivity index (χ1v) is 13.3. The molecule has 10 nitrogen and oxygen atoms in total. The van der Waals surface area contributed by atoms with E-state index in [9.17, 15) is 22.8 Å². The van der Waals surface area contributed by atoms with E-state index in [1.165, 1.54) is 29.6 Å². The van der Waals surface area contributed by atoms with Crippen LogP contribution in [-0.2, 0) is 25.2 Å². The van der Waals surface area contributed by atoms with E-state index in [0.29, 0.717) is 11.3 Å². The molecule has 0 aliphatic carbocycles. The number of nitrogens with one attached hydrogen (secondary N) is 2. The Morgan fingerprint density at radius 2 is 1.66 bits per heavy atom. The van der Waals surface area contributed by atoms with E-state index < -0.39 is 40.0 Å². The van der Waals surface area contributed by atoms with Crippen molar-refractivity contribution in [3.63, 3.8) is 0 Å². The molecule has 1 saturated heterocycles. The first-order valence-electron chi connectivity index (χ1n) is 11.9. The summed E-state index contributed by atoms with van der Waals surface area (Å²) < 4.78 is 33.4. The van der Waals surface area contributed by atoms with Crippen LogP contribution in [0, 0.1) is 0 Å². The molecule has 1 aliphatic rings. The molecule has 4 rings (SSSR count). The maximum absolute atomic E-state index is 13.4. The van der Waals surface area contributed by atoms with E-state index in [1.807, 2.05) is 0 Å². The predicted molar refractivity (Wildman–Crippen MR) is 142 cm³/mol. The molecule has 38 heavy (non-hydrogen) atoms. The molecule has 0 radical (unpaired) electrons. The number of hydrogen-bond acceptors (Lipinski definition) is 6. The van der Waals surface area contributed by atoms with E-state index in [-0.39, 0.29) is 22.9 Å². The zero-order valence-electron chi connectivity index (χ0n) is 21.2. The van der Waals surface area contributed by atoms with Gasteiger partial charge in [0.15, 0.2) is 0 Å². The number of sulfonamides is 1. The summed E-state index contributed by atoms with van der Waals surface area (Å²) in [5, 5.41) is 5.23. The van der Waals surface area contributed by atoms with Gasteiger partial charge >= 0.3 is 6.03 Å². The van der Waals surface area contributed by atoms with E-state index >= 15 is 0 Å². The minimum Gasteiger partial charge on any atom is -0.495 e. The topological polar surface area (TPSA) is 125 Å². The van der Waals surface area contributed by atoms with Gasteiger partial charge in [0.2, 0.25) is 5.91 Å². The largest absolute Gasteiger partial charge is 0.495 e. The molecule has 3 aromatic carbocycles. The van der Waals surface area contributed by atoms with Crippen LogP contribution in [0.15, 0.2) is 83.8 Å². The highest BCUT2D eigenvalue weighted by Gasteiger charge is 2.49. The maximum Gasteiger partial charge on any atom is 0.325 e. The second kappa shape index (κ2) is 10.5. The van der Waals surface area contributed by atoms with Crippen LogP contribution in [0.4, 0.5) is 16.2 Å². The van der Waals surface area contributed by atoms with Gasteiger partial charge in [-0.1, -0.05) is 48.5 Å². The summed E-state index contributed by atoms with van der Waals surface area (Å²) in [6.07, 6.45) is 0. The van der Waals surface area contributed by atoms with Gasteiger partial charge in [0.1, 0.15) is 17.8 Å². The van der Waals surface area contributed by atoms with E-state index in [0.717, 1.165) is 4.90 Å². The van der Waals surface area contributed by atoms with Crippen LogP contribution in [-0.4, -0.2) is 51.4 Å². The standard InChI is InChI=1S/C27H28N4O6S/c1-4-31(20-13-9-6-10-14-20)38(35,36)21-15-16-23(37-3)22(17-21)28-24(32)18-30-25(33)27(2,29-26(30)34)19-11-7-5-8-12-19/h5-17H,4,18H2,1-3H3,(H,28,32)(H,29,34)/t27-/m0/s1. The van der Waals surface area contributed by atoms with Crippen molar-refractivity contribution in [2.45, 2.75) is 24.3 Å². The molecule has 0 unspecified atom stereocenters. The molecule has 1 aliphatic heterocycles. The molecule has 11 heteroatoms. The number of methoxy groups -OCH3 is 1. The summed E-state index contributed by atoms with van der Waals surface area (Å²) in [7, 11) is -2.60. The number of para-hydroxylation sites is 1. The molecule has 1 atom stereocenters. The third-order valence-electron chi connectivity index (χ3n) is 6.29. The van der Waals surface area contributed by atoms with Crippen LogP contribution in [0.5, 0.6) is 5.75 Å². The number of carbonyl (C=O) groups is 3. The average molecular weight is 537 g/mol. The summed E-state index contributed by atoms with van der Waals surface area (Å²) in [4.78, 5) is 39.5. The first kappa shape index (κ1) is 26.7. The van der Waals surface area contributed by atoms with Crippen molar-refractivity contribution in [3.8, 4) is 5.75 Å². The monoisotopic (exact) mass is 536 g/mol. The lowest BCUT2D eigenvalue weighted by molar-refractivity contribution is -0.133. The van der Waals surface area contributed by atoms with E-state index in [2.05, 4.69) is 10.6 Å². The fourth-order valence-corrected chi connectivity index (χ4v) is 5.80. The lowest BCUT2D eigenvalue weighted by Gasteiger charge is -2.23. The summed E-state index contributed by atoms with van der Waals surface area (Å²) in [6.45, 7) is 2.91. The van der Waals surface area contributed by atoms with Crippen LogP contribution >= 0.6 is 0 Å². The molecule has 0 saturated carbocycles. The van der Waals surface area contributed by atoms with Gasteiger partial charge in [-0.2, -0.15) is 0 Å². The van der Waals surface area contributed by atoms with Crippen molar-refractivity contribution in [2.24, 2.45) is 0 Å². The van der Waals surface area contributed by atoms with Crippen LogP contribution in [0.25, 0.3) is 0 Å². The minimum atomic E-state index is -3.98. The van der Waals surface area contributed by atoms with Gasteiger partial charge in [0.05, 0.1) is 23.4 Å². The maximum atomic E-state index is 13.4. The second-order valence-corrected chi connectivity index (χ2v) is 10.6. The Morgan fingerprint density at radius 1 is 1.03 bits per heavy atom. The molecular formula is C27H28N4O6S. The normalized spacial score (nSPS) is 17.2. The number of imide groups is 1. The van der Waals surface area contributed by atoms with Crippen LogP contribution in [0.1, 0.15) is 19.4 Å². The van der Waals surface area contributed by atoms with Gasteiger partial charge < -0.3 is 15.4 Å². The number of hydrogen-bond donors (Lipinski definition) is 2. The van der Waals surface area contributed by atoms with Crippen LogP contribution < -0.4 is 19.7 Å². The molecule has 2 N–H and O–H groups in total. The zero-order valence-corrected chi connectivity index (χ0v) is 22.0. The van der Waals surface area contributed by atoms with Gasteiger partial charge in [-0.3, -0.25) is 18.8 Å². The fraction of sp³-hybridized carbons (Fsp3) is 0.222. The van der Waals surface area contributed by atoms with E-state index in [1.54, 1.807) is 74.5 Å². The van der Waals surface area contributed by atoms with Crippen LogP contribution in [0.3, 0.4) is 0 Å². The highest BCUT2D eigenvalue weighted by atomic mass is 32.2. The van der Waals surface area contributed by atoms with Gasteiger partial charge in [0, 0.05) is 6.54 Å². The molecule has 1 heterocycles. The summed E-state index contributed by atoms with van der Waals surface area (Å²) in [5.74, 6) is -1.06. The third-order valence-corrected chi connectivity index (χ3v) is 8.19. The highest BCUT2D eigenvalue weighted by molar-refractivity contribution is 7.92. The number of nitrogens with zero attached hydrogens (tertiary/aromatic N) is 2. The molecule has 4 amide bonds. The quantitative estimate of drug-likeness (QED) is 0.404. The molecule has 3 aromatic rings. The summed E-state index contributed by atoms with van der Waals surface area (Å²) >= 11 is 0. The number of urea groups is 1. The van der Waals surface area contributed by atoms with Crippen LogP contribution in [0.2, 0.25) is 0 Å². The van der Waals surface area contributed by atoms with Crippen molar-refractivity contribution in [3.05, 3.63) is 84.4 Å². The Balaban J connectivity index is 1.56. The summed E-state index contributed by atoms with van der Waals surface area (Å²) in [6, 6.07) is 20.8. The lowest BCUT2D eigenvalue weighted by atomic mass is 9.92. The van der Waals surface area contributed by atoms with Gasteiger partial charge in [-0.15, -0.1) is 0 Å². The Kier molecular flexibility index (Phi) is 7.40. The van der Waals surface area contributed by atoms with E-state index in [4.69, 9.17) is 4.74 Å². The lowest BCUT2D eigenvalue weighted by Crippen LogP contribution is -2.42. The number of anilines is 2. The highest BCUT2D eigenvalue weighted by Crippen LogP contribution is 2.32. The van der Waals surface area contributed by atoms with Crippen molar-refractivity contribution in [2.75, 3.05) is 29.8 Å². The van der Waals surface area contributed by atoms with Crippen molar-refractivity contribution >= 4 is 39.2 Å². The smallest absolute Gasteiger partial charge is 0.325 e. The minimum absolute atomic E-state index is 0.0639. The molecule has 0 spiro atoms. The molecular weight excluding hydrogens is 508 g/mol. The Bertz CT molecular complexity index is 1460. The zero-order chi connectivity index (χ0) is 27.5. The van der Waals surface area contributed by atoms with Gasteiger partial charge in [-0.25, -0.2) is 13.2 Å². The number of benzene rings is 3. The second-order valence-electron chi connectivity index (χ2n) is 8.73. The summed E-state index contributed by atoms with van der Waals surface area (Å²) in [5.41, 5.74) is -0.150. The molecule has 1 fully saturated rings. The van der Waals surface area contributed by atoms with Crippen molar-refractivity contribution in [1.82, 2.24) is 10.2 Å². The Hall–Kier alpha value is -4.38. The van der Waals surface area contributed by atoms with Gasteiger partial charge in [0.25, 0.3) is 15.9 Å². The molecule has 198 valence electrons. The third kappa shape index (κ3) is 4.92. The Morgan fingerprint density at radius 3 is 2.26 bits per heavy atom. The number of amides is 4. The van der Waals surface area contributed by atoms with Gasteiger partial charge in [-0.05, 0) is 49.7 Å². The predicted octanol–water partition coefficient (Wildman–Crippen LogP) is 3.32. The first-order chi connectivity index (χ1) is 18.1. The molecule has 0 aromatic heterocycles. The number of carbonyl (C=O) groups excluding carboxylic acids is 3. The Labute approximate surface area is 221 Å². The van der Waals surface area contributed by atoms with Crippen molar-refractivity contribution in [1.29, 1.82) is 0 Å². The van der Waals surface area contributed by atoms with Crippen molar-refractivity contribution < 1.29 is 27.5 Å².